The van der Waals surface area contributed by atoms with Crippen molar-refractivity contribution in [2.24, 2.45) is 0 Å². The number of rotatable bonds is 2. The molecule has 1 aliphatic rings. The van der Waals surface area contributed by atoms with E-state index in [-0.39, 0.29) is 22.4 Å². The molecule has 1 saturated heterocycles. The molecule has 0 radical (unpaired) electrons. The highest BCUT2D eigenvalue weighted by Gasteiger charge is 2.27. The van der Waals surface area contributed by atoms with E-state index >= 15 is 0 Å². The summed E-state index contributed by atoms with van der Waals surface area (Å²) in [5.41, 5.74) is 6.69. The van der Waals surface area contributed by atoms with E-state index in [1.807, 2.05) is 13.0 Å². The minimum atomic E-state index is -0.203. The largest absolute Gasteiger partial charge is 0.381 e. The first-order valence-electron chi connectivity index (χ1n) is 7.75. The predicted octanol–water partition coefficient (Wildman–Crippen LogP) is 0.354. The average molecular weight is 362 g/mol. The number of hydrogen-bond acceptors (Lipinski definition) is 7. The molecule has 25 heavy (non-hydrogen) atoms. The number of amides is 1. The van der Waals surface area contributed by atoms with Crippen molar-refractivity contribution in [3.8, 4) is 0 Å². The Morgan fingerprint density at radius 3 is 2.76 bits per heavy atom. The molecule has 3 aromatic heterocycles. The molecule has 0 bridgehead atoms. The molecule has 130 valence electrons. The van der Waals surface area contributed by atoms with E-state index in [4.69, 9.17) is 17.3 Å². The number of nitrogens with one attached hydrogen (secondary N) is 1. The fourth-order valence-corrected chi connectivity index (χ4v) is 3.08. The number of aromatic nitrogens is 6. The molecule has 0 unspecified atom stereocenters. The first kappa shape index (κ1) is 15.6. The van der Waals surface area contributed by atoms with E-state index in [0.717, 1.165) is 11.5 Å². The molecule has 4 rings (SSSR count). The highest BCUT2D eigenvalue weighted by molar-refractivity contribution is 6.35. The summed E-state index contributed by atoms with van der Waals surface area (Å²) < 4.78 is 1.71. The number of fused-ring (bicyclic) bond motifs is 1. The van der Waals surface area contributed by atoms with Crippen LogP contribution in [-0.2, 0) is 0 Å². The summed E-state index contributed by atoms with van der Waals surface area (Å²) in [5, 5.41) is 10.8. The summed E-state index contributed by atoms with van der Waals surface area (Å²) in [4.78, 5) is 24.9. The van der Waals surface area contributed by atoms with Crippen LogP contribution in [0.3, 0.4) is 0 Å². The van der Waals surface area contributed by atoms with E-state index in [2.05, 4.69) is 30.2 Å². The molecule has 3 aromatic rings. The fourth-order valence-electron chi connectivity index (χ4n) is 2.92. The molecule has 10 nitrogen and oxygen atoms in total. The van der Waals surface area contributed by atoms with Crippen LogP contribution in [0.25, 0.3) is 5.78 Å². The van der Waals surface area contributed by atoms with Gasteiger partial charge in [0.15, 0.2) is 5.82 Å². The van der Waals surface area contributed by atoms with E-state index < -0.39 is 0 Å². The number of aromatic amines is 1. The molecule has 0 atom stereocenters. The van der Waals surface area contributed by atoms with Gasteiger partial charge >= 0.3 is 0 Å². The maximum Gasteiger partial charge on any atom is 0.273 e. The zero-order valence-corrected chi connectivity index (χ0v) is 14.2. The Kier molecular flexibility index (Phi) is 3.68. The van der Waals surface area contributed by atoms with Gasteiger partial charge < -0.3 is 15.5 Å². The van der Waals surface area contributed by atoms with Gasteiger partial charge in [0.2, 0.25) is 0 Å². The second-order valence-electron chi connectivity index (χ2n) is 5.80. The second kappa shape index (κ2) is 5.88. The summed E-state index contributed by atoms with van der Waals surface area (Å²) in [6.45, 7) is 4.33. The second-order valence-corrected chi connectivity index (χ2v) is 6.18. The van der Waals surface area contributed by atoms with Crippen molar-refractivity contribution < 1.29 is 4.79 Å². The van der Waals surface area contributed by atoms with Gasteiger partial charge in [-0.25, -0.2) is 4.98 Å². The van der Waals surface area contributed by atoms with Crippen LogP contribution in [0.1, 0.15) is 16.2 Å². The van der Waals surface area contributed by atoms with Crippen molar-refractivity contribution >= 4 is 34.9 Å². The highest BCUT2D eigenvalue weighted by atomic mass is 35.5. The lowest BCUT2D eigenvalue weighted by molar-refractivity contribution is 0.0740. The Balaban J connectivity index is 1.52. The van der Waals surface area contributed by atoms with E-state index in [1.54, 1.807) is 9.42 Å². The molecule has 3 N–H and O–H groups in total. The van der Waals surface area contributed by atoms with Crippen LogP contribution in [0.5, 0.6) is 0 Å². The Morgan fingerprint density at radius 2 is 2.08 bits per heavy atom. The third-order valence-electron chi connectivity index (χ3n) is 4.20. The SMILES string of the molecule is Cc1cc(N2CCN(C(=O)c3[nH]nc(N)c3Cl)CC2)n2ncnc2n1. The molecule has 1 fully saturated rings. The summed E-state index contributed by atoms with van der Waals surface area (Å²) in [5.74, 6) is 1.40. The van der Waals surface area contributed by atoms with Crippen LogP contribution < -0.4 is 10.6 Å². The van der Waals surface area contributed by atoms with Gasteiger partial charge in [0.25, 0.3) is 11.7 Å². The molecule has 4 heterocycles. The summed E-state index contributed by atoms with van der Waals surface area (Å²) in [6.07, 6.45) is 1.48. The van der Waals surface area contributed by atoms with Gasteiger partial charge in [0.05, 0.1) is 0 Å². The Bertz CT molecular complexity index is 941. The van der Waals surface area contributed by atoms with Crippen molar-refractivity contribution in [3.63, 3.8) is 0 Å². The van der Waals surface area contributed by atoms with Crippen molar-refractivity contribution in [2.75, 3.05) is 36.8 Å². The van der Waals surface area contributed by atoms with Crippen LogP contribution in [0.2, 0.25) is 5.02 Å². The number of nitrogens with two attached hydrogens (primary N) is 1. The molecular formula is C14H16ClN9O. The average Bonchev–Trinajstić information content (AvgIpc) is 3.21. The third kappa shape index (κ3) is 2.64. The van der Waals surface area contributed by atoms with Crippen molar-refractivity contribution in [1.82, 2.24) is 34.7 Å². The van der Waals surface area contributed by atoms with Gasteiger partial charge in [0.1, 0.15) is 22.9 Å². The monoisotopic (exact) mass is 361 g/mol. The van der Waals surface area contributed by atoms with E-state index in [1.165, 1.54) is 6.33 Å². The molecule has 0 aromatic carbocycles. The number of aryl methyl sites for hydroxylation is 1. The summed E-state index contributed by atoms with van der Waals surface area (Å²) in [6, 6.07) is 1.96. The highest BCUT2D eigenvalue weighted by Crippen LogP contribution is 2.23. The van der Waals surface area contributed by atoms with Crippen LogP contribution in [-0.4, -0.2) is 66.8 Å². The van der Waals surface area contributed by atoms with Gasteiger partial charge in [-0.3, -0.25) is 9.89 Å². The maximum atomic E-state index is 12.6. The van der Waals surface area contributed by atoms with Crippen LogP contribution in [0.4, 0.5) is 11.6 Å². The van der Waals surface area contributed by atoms with Gasteiger partial charge in [-0.15, -0.1) is 0 Å². The normalized spacial score (nSPS) is 15.1. The summed E-state index contributed by atoms with van der Waals surface area (Å²) in [7, 11) is 0. The Morgan fingerprint density at radius 1 is 1.32 bits per heavy atom. The topological polar surface area (TPSA) is 121 Å². The third-order valence-corrected chi connectivity index (χ3v) is 4.58. The fraction of sp³-hybridized carbons (Fsp3) is 0.357. The minimum absolute atomic E-state index is 0.129. The molecule has 11 heteroatoms. The number of halogens is 1. The number of nitrogens with zero attached hydrogens (tertiary/aromatic N) is 7. The molecular weight excluding hydrogens is 346 g/mol. The minimum Gasteiger partial charge on any atom is -0.381 e. The summed E-state index contributed by atoms with van der Waals surface area (Å²) >= 11 is 6.02. The van der Waals surface area contributed by atoms with Gasteiger partial charge in [-0.1, -0.05) is 11.6 Å². The number of carbonyl (C=O) groups excluding carboxylic acids is 1. The molecule has 1 amide bonds. The first-order chi connectivity index (χ1) is 12.0. The number of carbonyl (C=O) groups is 1. The van der Waals surface area contributed by atoms with Gasteiger partial charge in [-0.2, -0.15) is 19.7 Å². The standard InChI is InChI=1S/C14H16ClN9O/c1-8-6-9(24-14(19-8)17-7-18-24)22-2-4-23(5-3-22)13(25)11-10(15)12(16)21-20-11/h6-7H,2-5H2,1H3,(H3,16,20,21). The lowest BCUT2D eigenvalue weighted by atomic mass is 10.2. The van der Waals surface area contributed by atoms with Crippen molar-refractivity contribution in [3.05, 3.63) is 28.8 Å². The zero-order valence-electron chi connectivity index (χ0n) is 13.5. The van der Waals surface area contributed by atoms with Gasteiger partial charge in [0, 0.05) is 37.9 Å². The molecule has 0 spiro atoms. The lowest BCUT2D eigenvalue weighted by Gasteiger charge is -2.35. The first-order valence-corrected chi connectivity index (χ1v) is 8.13. The Labute approximate surface area is 147 Å². The van der Waals surface area contributed by atoms with Crippen molar-refractivity contribution in [2.45, 2.75) is 6.92 Å². The Hall–Kier alpha value is -2.88. The smallest absolute Gasteiger partial charge is 0.273 e. The number of anilines is 2. The van der Waals surface area contributed by atoms with Crippen LogP contribution >= 0.6 is 11.6 Å². The quantitative estimate of drug-likeness (QED) is 0.675. The van der Waals surface area contributed by atoms with E-state index in [9.17, 15) is 4.79 Å². The molecule has 0 saturated carbocycles. The number of hydrogen-bond donors (Lipinski definition) is 2. The van der Waals surface area contributed by atoms with Crippen LogP contribution in [0, 0.1) is 6.92 Å². The van der Waals surface area contributed by atoms with Gasteiger partial charge in [-0.05, 0) is 6.92 Å². The van der Waals surface area contributed by atoms with E-state index in [0.29, 0.717) is 32.0 Å². The molecule has 0 aliphatic carbocycles. The maximum absolute atomic E-state index is 12.6. The number of H-pyrrole nitrogens is 1. The lowest BCUT2D eigenvalue weighted by Crippen LogP contribution is -2.49. The predicted molar refractivity (Wildman–Crippen MR) is 91.6 cm³/mol. The van der Waals surface area contributed by atoms with Crippen LogP contribution in [0.15, 0.2) is 12.4 Å². The number of nitrogen functional groups attached to an aromatic ring is 1. The molecule has 1 aliphatic heterocycles. The number of piperazine rings is 1. The van der Waals surface area contributed by atoms with Crippen molar-refractivity contribution in [1.29, 1.82) is 0 Å². The zero-order chi connectivity index (χ0) is 17.6.